The molecule has 1 heterocycles. The number of hydrogen-bond acceptors (Lipinski definition) is 3. The van der Waals surface area contributed by atoms with E-state index in [1.807, 2.05) is 12.1 Å². The zero-order chi connectivity index (χ0) is 13.4. The van der Waals surface area contributed by atoms with Crippen LogP contribution < -0.4 is 5.73 Å². The molecule has 0 unspecified atom stereocenters. The molecule has 0 aliphatic carbocycles. The van der Waals surface area contributed by atoms with E-state index in [2.05, 4.69) is 11.8 Å². The fraction of sp³-hybridized carbons (Fsp3) is 0.500. The second-order valence-corrected chi connectivity index (χ2v) is 4.71. The summed E-state index contributed by atoms with van der Waals surface area (Å²) in [5, 5.41) is 0. The molecule has 0 spiro atoms. The van der Waals surface area contributed by atoms with Crippen LogP contribution in [0.4, 0.5) is 13.2 Å². The molecule has 0 saturated carbocycles. The molecule has 0 aromatic carbocycles. The van der Waals surface area contributed by atoms with Gasteiger partial charge in [-0.3, -0.25) is 0 Å². The predicted molar refractivity (Wildman–Crippen MR) is 65.2 cm³/mol. The average Bonchev–Trinajstić information content (AvgIpc) is 2.72. The lowest BCUT2D eigenvalue weighted by atomic mass is 10.3. The first-order chi connectivity index (χ1) is 8.51. The van der Waals surface area contributed by atoms with Crippen LogP contribution in [0, 0.1) is 11.8 Å². The van der Waals surface area contributed by atoms with Crippen LogP contribution in [0.5, 0.6) is 0 Å². The van der Waals surface area contributed by atoms with Gasteiger partial charge in [0.15, 0.2) is 0 Å². The third-order valence-electron chi connectivity index (χ3n) is 1.97. The first-order valence-corrected chi connectivity index (χ1v) is 6.25. The number of hydrogen-bond donors (Lipinski definition) is 1. The molecular weight excluding hydrogens is 263 g/mol. The van der Waals surface area contributed by atoms with Gasteiger partial charge in [-0.25, -0.2) is 0 Å². The minimum absolute atomic E-state index is 0.00525. The van der Waals surface area contributed by atoms with Crippen molar-refractivity contribution in [2.45, 2.75) is 25.6 Å². The molecule has 6 heteroatoms. The predicted octanol–water partition coefficient (Wildman–Crippen LogP) is 2.92. The molecule has 1 aromatic rings. The van der Waals surface area contributed by atoms with E-state index in [4.69, 9.17) is 10.5 Å². The first kappa shape index (κ1) is 15.0. The fourth-order valence-electron chi connectivity index (χ4n) is 1.21. The normalized spacial score (nSPS) is 11.1. The Morgan fingerprint density at radius 3 is 2.78 bits per heavy atom. The summed E-state index contributed by atoms with van der Waals surface area (Å²) >= 11 is 1.46. The van der Waals surface area contributed by atoms with Crippen molar-refractivity contribution in [1.82, 2.24) is 0 Å². The molecule has 0 bridgehead atoms. The van der Waals surface area contributed by atoms with Gasteiger partial charge in [0, 0.05) is 17.9 Å². The van der Waals surface area contributed by atoms with E-state index in [-0.39, 0.29) is 13.0 Å². The molecule has 18 heavy (non-hydrogen) atoms. The molecule has 0 fully saturated rings. The molecular formula is C12H14F3NOS. The minimum Gasteiger partial charge on any atom is -0.376 e. The minimum atomic E-state index is -4.10. The molecule has 2 N–H and O–H groups in total. The number of rotatable bonds is 5. The highest BCUT2D eigenvalue weighted by atomic mass is 32.1. The molecule has 0 radical (unpaired) electrons. The Labute approximate surface area is 108 Å². The van der Waals surface area contributed by atoms with E-state index < -0.39 is 12.6 Å². The Bertz CT molecular complexity index is 417. The third kappa shape index (κ3) is 6.64. The molecule has 0 aliphatic heterocycles. The van der Waals surface area contributed by atoms with E-state index in [1.54, 1.807) is 0 Å². The van der Waals surface area contributed by atoms with E-state index in [0.717, 1.165) is 9.75 Å². The monoisotopic (exact) mass is 277 g/mol. The van der Waals surface area contributed by atoms with Crippen molar-refractivity contribution in [3.8, 4) is 11.8 Å². The van der Waals surface area contributed by atoms with Gasteiger partial charge in [0.05, 0.1) is 18.0 Å². The van der Waals surface area contributed by atoms with Gasteiger partial charge < -0.3 is 10.5 Å². The second-order valence-electron chi connectivity index (χ2n) is 3.54. The maximum absolute atomic E-state index is 11.8. The molecule has 0 saturated heterocycles. The summed E-state index contributed by atoms with van der Waals surface area (Å²) in [4.78, 5) is 1.83. The van der Waals surface area contributed by atoms with Crippen LogP contribution in [0.1, 0.15) is 22.6 Å². The van der Waals surface area contributed by atoms with E-state index in [0.29, 0.717) is 13.2 Å². The maximum Gasteiger partial charge on any atom is 0.389 e. The Balaban J connectivity index is 2.21. The highest BCUT2D eigenvalue weighted by molar-refractivity contribution is 7.12. The number of alkyl halides is 3. The maximum atomic E-state index is 11.8. The average molecular weight is 277 g/mol. The molecule has 1 aromatic heterocycles. The molecule has 1 rings (SSSR count). The van der Waals surface area contributed by atoms with Crippen molar-refractivity contribution >= 4 is 11.3 Å². The Morgan fingerprint density at radius 1 is 1.33 bits per heavy atom. The van der Waals surface area contributed by atoms with Crippen LogP contribution in [-0.2, 0) is 11.3 Å². The molecule has 0 amide bonds. The summed E-state index contributed by atoms with van der Waals surface area (Å²) in [6.07, 6.45) is -4.91. The highest BCUT2D eigenvalue weighted by Gasteiger charge is 2.25. The number of thiophene rings is 1. The van der Waals surface area contributed by atoms with Crippen LogP contribution in [-0.4, -0.2) is 19.3 Å². The topological polar surface area (TPSA) is 35.2 Å². The largest absolute Gasteiger partial charge is 0.389 e. The van der Waals surface area contributed by atoms with Crippen molar-refractivity contribution in [2.75, 3.05) is 13.2 Å². The Kier molecular flexibility index (Phi) is 6.19. The van der Waals surface area contributed by atoms with Crippen LogP contribution >= 0.6 is 11.3 Å². The zero-order valence-electron chi connectivity index (χ0n) is 9.72. The number of nitrogens with two attached hydrogens (primary N) is 1. The van der Waals surface area contributed by atoms with Crippen molar-refractivity contribution in [3.05, 3.63) is 21.9 Å². The van der Waals surface area contributed by atoms with Gasteiger partial charge in [0.1, 0.15) is 0 Å². The first-order valence-electron chi connectivity index (χ1n) is 5.43. The lowest BCUT2D eigenvalue weighted by Gasteiger charge is -2.05. The summed E-state index contributed by atoms with van der Waals surface area (Å²) in [6, 6.07) is 3.71. The van der Waals surface area contributed by atoms with Gasteiger partial charge in [0.2, 0.25) is 0 Å². The zero-order valence-corrected chi connectivity index (χ0v) is 10.5. The summed E-state index contributed by atoms with van der Waals surface area (Å²) in [7, 11) is 0. The summed E-state index contributed by atoms with van der Waals surface area (Å²) in [6.45, 7) is 0.745. The van der Waals surface area contributed by atoms with Crippen LogP contribution in [0.3, 0.4) is 0 Å². The van der Waals surface area contributed by atoms with Crippen LogP contribution in [0.2, 0.25) is 0 Å². The third-order valence-corrected chi connectivity index (χ3v) is 2.94. The highest BCUT2D eigenvalue weighted by Crippen LogP contribution is 2.21. The van der Waals surface area contributed by atoms with Gasteiger partial charge in [-0.2, -0.15) is 13.2 Å². The summed E-state index contributed by atoms with van der Waals surface area (Å²) in [5.74, 6) is 5.62. The lowest BCUT2D eigenvalue weighted by molar-refractivity contribution is -0.138. The van der Waals surface area contributed by atoms with Crippen molar-refractivity contribution in [2.24, 2.45) is 5.73 Å². The lowest BCUT2D eigenvalue weighted by Crippen LogP contribution is -2.08. The number of ether oxygens (including phenoxy) is 1. The standard InChI is InChI=1S/C12H14F3NOS/c13-12(14,15)6-2-8-17-9-11-5-4-10(18-11)3-1-7-16/h4-5H,2,6-9,16H2. The molecule has 100 valence electrons. The van der Waals surface area contributed by atoms with Crippen LogP contribution in [0.15, 0.2) is 12.1 Å². The van der Waals surface area contributed by atoms with Gasteiger partial charge >= 0.3 is 6.18 Å². The van der Waals surface area contributed by atoms with Crippen LogP contribution in [0.25, 0.3) is 0 Å². The Hall–Kier alpha value is -1.03. The number of halogens is 3. The van der Waals surface area contributed by atoms with E-state index in [9.17, 15) is 13.2 Å². The molecule has 0 atom stereocenters. The second kappa shape index (κ2) is 7.41. The van der Waals surface area contributed by atoms with Gasteiger partial charge in [-0.15, -0.1) is 11.3 Å². The summed E-state index contributed by atoms with van der Waals surface area (Å²) < 4.78 is 40.7. The van der Waals surface area contributed by atoms with Gasteiger partial charge in [-0.1, -0.05) is 11.8 Å². The van der Waals surface area contributed by atoms with Crippen molar-refractivity contribution < 1.29 is 17.9 Å². The van der Waals surface area contributed by atoms with E-state index >= 15 is 0 Å². The fourth-order valence-corrected chi connectivity index (χ4v) is 2.03. The quantitative estimate of drug-likeness (QED) is 0.663. The molecule has 2 nitrogen and oxygen atoms in total. The SMILES string of the molecule is NCC#Cc1ccc(COCCCC(F)(F)F)s1. The molecule has 0 aliphatic rings. The Morgan fingerprint density at radius 2 is 2.11 bits per heavy atom. The van der Waals surface area contributed by atoms with Crippen molar-refractivity contribution in [1.29, 1.82) is 0 Å². The summed E-state index contributed by atoms with van der Waals surface area (Å²) in [5.41, 5.74) is 5.25. The van der Waals surface area contributed by atoms with Crippen molar-refractivity contribution in [3.63, 3.8) is 0 Å². The van der Waals surface area contributed by atoms with Gasteiger partial charge in [0.25, 0.3) is 0 Å². The van der Waals surface area contributed by atoms with Gasteiger partial charge in [-0.05, 0) is 18.6 Å². The van der Waals surface area contributed by atoms with E-state index in [1.165, 1.54) is 11.3 Å². The smallest absolute Gasteiger partial charge is 0.376 e.